The first-order chi connectivity index (χ1) is 7.09. The standard InChI is InChI=1S/C9H8N2O4/c12-9(13)10-4-3-6-5-7(11(14)15)1-2-8(6)10/h1-2,5H,3-4H2,(H,12,13). The third-order valence-corrected chi connectivity index (χ3v) is 2.40. The zero-order valence-corrected chi connectivity index (χ0v) is 7.71. The number of anilines is 1. The Kier molecular flexibility index (Phi) is 2.03. The van der Waals surface area contributed by atoms with Crippen LogP contribution in [0.4, 0.5) is 16.2 Å². The lowest BCUT2D eigenvalue weighted by atomic mass is 10.1. The highest BCUT2D eigenvalue weighted by atomic mass is 16.6. The zero-order valence-electron chi connectivity index (χ0n) is 7.71. The van der Waals surface area contributed by atoms with Gasteiger partial charge in [0.05, 0.1) is 10.6 Å². The number of non-ortho nitro benzene ring substituents is 1. The lowest BCUT2D eigenvalue weighted by molar-refractivity contribution is -0.384. The molecule has 2 rings (SSSR count). The molecule has 1 aromatic carbocycles. The minimum absolute atomic E-state index is 0.000916. The normalized spacial score (nSPS) is 13.7. The Bertz CT molecular complexity index is 444. The summed E-state index contributed by atoms with van der Waals surface area (Å²) in [4.78, 5) is 22.0. The first-order valence-corrected chi connectivity index (χ1v) is 4.37. The molecule has 78 valence electrons. The van der Waals surface area contributed by atoms with Crippen molar-refractivity contribution in [1.29, 1.82) is 0 Å². The van der Waals surface area contributed by atoms with Gasteiger partial charge in [-0.1, -0.05) is 0 Å². The number of benzene rings is 1. The molecule has 1 aliphatic rings. The first kappa shape index (κ1) is 9.45. The molecule has 0 atom stereocenters. The van der Waals surface area contributed by atoms with Gasteiger partial charge in [0.25, 0.3) is 5.69 Å². The van der Waals surface area contributed by atoms with Gasteiger partial charge in [0.1, 0.15) is 0 Å². The van der Waals surface area contributed by atoms with Gasteiger partial charge >= 0.3 is 6.09 Å². The summed E-state index contributed by atoms with van der Waals surface area (Å²) in [5, 5.41) is 19.3. The summed E-state index contributed by atoms with van der Waals surface area (Å²) < 4.78 is 0. The van der Waals surface area contributed by atoms with Crippen molar-refractivity contribution in [3.05, 3.63) is 33.9 Å². The molecule has 1 N–H and O–H groups in total. The van der Waals surface area contributed by atoms with E-state index in [1.807, 2.05) is 0 Å². The molecule has 0 saturated heterocycles. The number of rotatable bonds is 1. The van der Waals surface area contributed by atoms with Crippen molar-refractivity contribution in [1.82, 2.24) is 0 Å². The Hall–Kier alpha value is -2.11. The van der Waals surface area contributed by atoms with E-state index in [0.29, 0.717) is 24.2 Å². The van der Waals surface area contributed by atoms with Crippen molar-refractivity contribution in [2.24, 2.45) is 0 Å². The van der Waals surface area contributed by atoms with Crippen molar-refractivity contribution in [3.63, 3.8) is 0 Å². The molecule has 1 heterocycles. The summed E-state index contributed by atoms with van der Waals surface area (Å²) >= 11 is 0. The van der Waals surface area contributed by atoms with E-state index in [1.165, 1.54) is 23.1 Å². The SMILES string of the molecule is O=C(O)N1CCc2cc([N+](=O)[O-])ccc21. The van der Waals surface area contributed by atoms with Crippen LogP contribution in [-0.2, 0) is 6.42 Å². The zero-order chi connectivity index (χ0) is 11.0. The summed E-state index contributed by atoms with van der Waals surface area (Å²) in [5.41, 5.74) is 1.26. The molecular formula is C9H8N2O4. The molecule has 6 heteroatoms. The fraction of sp³-hybridized carbons (Fsp3) is 0.222. The predicted molar refractivity (Wildman–Crippen MR) is 52.2 cm³/mol. The molecule has 0 bridgehead atoms. The second kappa shape index (κ2) is 3.23. The molecule has 0 spiro atoms. The average Bonchev–Trinajstić information content (AvgIpc) is 2.59. The number of nitro groups is 1. The van der Waals surface area contributed by atoms with Crippen LogP contribution in [0.25, 0.3) is 0 Å². The molecule has 15 heavy (non-hydrogen) atoms. The number of nitrogens with zero attached hydrogens (tertiary/aromatic N) is 2. The third kappa shape index (κ3) is 1.50. The number of hydrogen-bond donors (Lipinski definition) is 1. The number of hydrogen-bond acceptors (Lipinski definition) is 3. The van der Waals surface area contributed by atoms with E-state index < -0.39 is 11.0 Å². The van der Waals surface area contributed by atoms with Crippen molar-refractivity contribution in [3.8, 4) is 0 Å². The van der Waals surface area contributed by atoms with Crippen molar-refractivity contribution in [2.45, 2.75) is 6.42 Å². The minimum atomic E-state index is -1.03. The van der Waals surface area contributed by atoms with Gasteiger partial charge < -0.3 is 5.11 Å². The quantitative estimate of drug-likeness (QED) is 0.561. The molecule has 0 aromatic heterocycles. The molecular weight excluding hydrogens is 200 g/mol. The molecule has 1 amide bonds. The lowest BCUT2D eigenvalue weighted by Gasteiger charge is -2.11. The number of nitro benzene ring substituents is 1. The first-order valence-electron chi connectivity index (χ1n) is 4.37. The van der Waals surface area contributed by atoms with E-state index in [1.54, 1.807) is 0 Å². The smallest absolute Gasteiger partial charge is 0.411 e. The highest BCUT2D eigenvalue weighted by Crippen LogP contribution is 2.30. The van der Waals surface area contributed by atoms with Crippen molar-refractivity contribution < 1.29 is 14.8 Å². The van der Waals surface area contributed by atoms with Crippen LogP contribution in [0.15, 0.2) is 18.2 Å². The van der Waals surface area contributed by atoms with E-state index in [9.17, 15) is 14.9 Å². The van der Waals surface area contributed by atoms with Gasteiger partial charge in [-0.3, -0.25) is 15.0 Å². The van der Waals surface area contributed by atoms with E-state index in [0.717, 1.165) is 0 Å². The number of carbonyl (C=O) groups is 1. The average molecular weight is 208 g/mol. The van der Waals surface area contributed by atoms with Gasteiger partial charge in [0, 0.05) is 18.7 Å². The number of carboxylic acid groups (broad SMARTS) is 1. The van der Waals surface area contributed by atoms with Crippen LogP contribution in [0.3, 0.4) is 0 Å². The third-order valence-electron chi connectivity index (χ3n) is 2.40. The molecule has 6 nitrogen and oxygen atoms in total. The van der Waals surface area contributed by atoms with Gasteiger partial charge in [-0.25, -0.2) is 4.79 Å². The second-order valence-electron chi connectivity index (χ2n) is 3.25. The summed E-state index contributed by atoms with van der Waals surface area (Å²) in [5.74, 6) is 0. The maximum atomic E-state index is 10.8. The van der Waals surface area contributed by atoms with Gasteiger partial charge in [-0.05, 0) is 18.1 Å². The van der Waals surface area contributed by atoms with Crippen LogP contribution < -0.4 is 4.90 Å². The van der Waals surface area contributed by atoms with Gasteiger partial charge in [0.2, 0.25) is 0 Å². The Morgan fingerprint density at radius 1 is 1.53 bits per heavy atom. The molecule has 0 unspecified atom stereocenters. The Morgan fingerprint density at radius 2 is 2.27 bits per heavy atom. The Balaban J connectivity index is 2.42. The highest BCUT2D eigenvalue weighted by molar-refractivity contribution is 5.89. The van der Waals surface area contributed by atoms with E-state index >= 15 is 0 Å². The van der Waals surface area contributed by atoms with Gasteiger partial charge in [0.15, 0.2) is 0 Å². The number of fused-ring (bicyclic) bond motifs is 1. The van der Waals surface area contributed by atoms with Crippen LogP contribution in [-0.4, -0.2) is 22.7 Å². The van der Waals surface area contributed by atoms with E-state index in [2.05, 4.69) is 0 Å². The number of amides is 1. The highest BCUT2D eigenvalue weighted by Gasteiger charge is 2.25. The predicted octanol–water partition coefficient (Wildman–Crippen LogP) is 1.64. The van der Waals surface area contributed by atoms with Crippen molar-refractivity contribution in [2.75, 3.05) is 11.4 Å². The molecule has 0 radical (unpaired) electrons. The lowest BCUT2D eigenvalue weighted by Crippen LogP contribution is -2.26. The molecule has 1 aliphatic heterocycles. The van der Waals surface area contributed by atoms with Crippen LogP contribution in [0.1, 0.15) is 5.56 Å². The molecule has 0 saturated carbocycles. The fourth-order valence-corrected chi connectivity index (χ4v) is 1.70. The summed E-state index contributed by atoms with van der Waals surface area (Å²) in [6.07, 6.45) is -0.494. The largest absolute Gasteiger partial charge is 0.465 e. The maximum Gasteiger partial charge on any atom is 0.411 e. The summed E-state index contributed by atoms with van der Waals surface area (Å²) in [6, 6.07) is 4.23. The summed E-state index contributed by atoms with van der Waals surface area (Å²) in [6.45, 7) is 0.367. The van der Waals surface area contributed by atoms with Gasteiger partial charge in [-0.15, -0.1) is 0 Å². The molecule has 0 fully saturated rings. The Morgan fingerprint density at radius 3 is 2.87 bits per heavy atom. The van der Waals surface area contributed by atoms with E-state index in [4.69, 9.17) is 5.11 Å². The van der Waals surface area contributed by atoms with Crippen LogP contribution >= 0.6 is 0 Å². The fourth-order valence-electron chi connectivity index (χ4n) is 1.70. The van der Waals surface area contributed by atoms with Gasteiger partial charge in [-0.2, -0.15) is 0 Å². The van der Waals surface area contributed by atoms with E-state index in [-0.39, 0.29) is 5.69 Å². The topological polar surface area (TPSA) is 83.7 Å². The monoisotopic (exact) mass is 208 g/mol. The Labute approximate surface area is 84.9 Å². The van der Waals surface area contributed by atoms with Crippen molar-refractivity contribution >= 4 is 17.5 Å². The molecule has 0 aliphatic carbocycles. The molecule has 1 aromatic rings. The van der Waals surface area contributed by atoms with Crippen LogP contribution in [0.2, 0.25) is 0 Å². The maximum absolute atomic E-state index is 10.8. The second-order valence-corrected chi connectivity index (χ2v) is 3.25. The minimum Gasteiger partial charge on any atom is -0.465 e. The summed E-state index contributed by atoms with van der Waals surface area (Å²) in [7, 11) is 0. The van der Waals surface area contributed by atoms with Crippen LogP contribution in [0.5, 0.6) is 0 Å². The van der Waals surface area contributed by atoms with Crippen LogP contribution in [0, 0.1) is 10.1 Å².